The Morgan fingerprint density at radius 1 is 1.32 bits per heavy atom. The minimum atomic E-state index is -0.0521. The first kappa shape index (κ1) is 13.3. The van der Waals surface area contributed by atoms with Crippen LogP contribution in [-0.4, -0.2) is 34.2 Å². The Bertz CT molecular complexity index is 656. The van der Waals surface area contributed by atoms with Gasteiger partial charge in [-0.1, -0.05) is 5.10 Å². The maximum atomic E-state index is 12.3. The van der Waals surface area contributed by atoms with E-state index in [0.717, 1.165) is 12.8 Å². The van der Waals surface area contributed by atoms with Crippen molar-refractivity contribution in [3.8, 4) is 11.8 Å². The van der Waals surface area contributed by atoms with Crippen LogP contribution in [0.15, 0.2) is 35.1 Å². The molecule has 0 radical (unpaired) electrons. The Hall–Kier alpha value is -2.41. The number of nitrogens with zero attached hydrogens (tertiary/aromatic N) is 2. The highest BCUT2D eigenvalue weighted by Crippen LogP contribution is 2.28. The summed E-state index contributed by atoms with van der Waals surface area (Å²) in [5, 5.41) is 13.8. The third-order valence-corrected chi connectivity index (χ3v) is 4.28. The molecule has 2 aliphatic heterocycles. The number of hydrogen-bond acceptors (Lipinski definition) is 6. The first-order valence-electron chi connectivity index (χ1n) is 7.39. The van der Waals surface area contributed by atoms with Crippen molar-refractivity contribution >= 4 is 5.91 Å². The van der Waals surface area contributed by atoms with Crippen LogP contribution in [-0.2, 0) is 0 Å². The van der Waals surface area contributed by atoms with Crippen molar-refractivity contribution in [1.82, 2.24) is 20.8 Å². The molecule has 114 valence electrons. The van der Waals surface area contributed by atoms with Crippen LogP contribution >= 0.6 is 0 Å². The van der Waals surface area contributed by atoms with Crippen molar-refractivity contribution in [2.24, 2.45) is 0 Å². The largest absolute Gasteiger partial charge is 0.420 e. The van der Waals surface area contributed by atoms with Crippen LogP contribution in [0.25, 0.3) is 0 Å². The lowest BCUT2D eigenvalue weighted by Gasteiger charge is -2.21. The average Bonchev–Trinajstić information content (AvgIpc) is 3.25. The summed E-state index contributed by atoms with van der Waals surface area (Å²) >= 11 is 0. The minimum Gasteiger partial charge on any atom is -0.410 e. The Balaban J connectivity index is 1.38. The molecule has 2 bridgehead atoms. The first-order valence-corrected chi connectivity index (χ1v) is 7.39. The van der Waals surface area contributed by atoms with E-state index in [1.807, 2.05) is 0 Å². The molecule has 3 unspecified atom stereocenters. The molecular weight excluding hydrogens is 284 g/mol. The molecule has 1 aromatic carbocycles. The minimum absolute atomic E-state index is 0.0521. The van der Waals surface area contributed by atoms with Gasteiger partial charge in [-0.25, -0.2) is 0 Å². The van der Waals surface area contributed by atoms with Gasteiger partial charge in [-0.05, 0) is 43.5 Å². The van der Waals surface area contributed by atoms with Gasteiger partial charge in [0.1, 0.15) is 5.75 Å². The van der Waals surface area contributed by atoms with Gasteiger partial charge in [-0.15, -0.1) is 5.10 Å². The second kappa shape index (κ2) is 5.42. The Morgan fingerprint density at radius 3 is 2.82 bits per heavy atom. The molecule has 22 heavy (non-hydrogen) atoms. The second-order valence-corrected chi connectivity index (χ2v) is 5.69. The summed E-state index contributed by atoms with van der Waals surface area (Å²) in [6, 6.07) is 8.09. The number of nitrogens with one attached hydrogen (secondary N) is 2. The Labute approximate surface area is 127 Å². The lowest BCUT2D eigenvalue weighted by molar-refractivity contribution is 0.0931. The highest BCUT2D eigenvalue weighted by Gasteiger charge is 2.39. The lowest BCUT2D eigenvalue weighted by Crippen LogP contribution is -2.42. The van der Waals surface area contributed by atoms with Crippen LogP contribution in [0, 0.1) is 0 Å². The van der Waals surface area contributed by atoms with Gasteiger partial charge >= 0.3 is 6.08 Å². The van der Waals surface area contributed by atoms with Crippen molar-refractivity contribution in [3.63, 3.8) is 0 Å². The molecule has 1 aromatic heterocycles. The maximum Gasteiger partial charge on any atom is 0.420 e. The van der Waals surface area contributed by atoms with Gasteiger partial charge in [0.05, 0.1) is 0 Å². The van der Waals surface area contributed by atoms with Crippen LogP contribution in [0.5, 0.6) is 11.8 Å². The second-order valence-electron chi connectivity index (χ2n) is 5.69. The molecular formula is C15H16N4O3. The molecule has 1 amide bonds. The SMILES string of the molecule is O=C(NC1CC2CCC1N2)c1ccc(Oc2nnco2)cc1. The predicted molar refractivity (Wildman–Crippen MR) is 76.6 cm³/mol. The fourth-order valence-corrected chi connectivity index (χ4v) is 3.22. The number of hydrogen-bond donors (Lipinski definition) is 2. The van der Waals surface area contributed by atoms with Gasteiger partial charge in [-0.3, -0.25) is 4.79 Å². The quantitative estimate of drug-likeness (QED) is 0.889. The fourth-order valence-electron chi connectivity index (χ4n) is 3.22. The molecule has 2 N–H and O–H groups in total. The summed E-state index contributed by atoms with van der Waals surface area (Å²) in [4.78, 5) is 12.3. The van der Waals surface area contributed by atoms with E-state index in [4.69, 9.17) is 9.15 Å². The molecule has 0 saturated carbocycles. The van der Waals surface area contributed by atoms with Gasteiger partial charge < -0.3 is 19.8 Å². The molecule has 3 heterocycles. The standard InChI is InChI=1S/C15H16N4O3/c20-14(18-13-7-10-3-6-12(13)17-10)9-1-4-11(5-2-9)22-15-19-16-8-21-15/h1-2,4-5,8,10,12-13,17H,3,6-7H2,(H,18,20). The van der Waals surface area contributed by atoms with E-state index in [-0.39, 0.29) is 18.0 Å². The molecule has 7 nitrogen and oxygen atoms in total. The van der Waals surface area contributed by atoms with Gasteiger partial charge in [0.25, 0.3) is 5.91 Å². The normalized spacial score (nSPS) is 26.1. The smallest absolute Gasteiger partial charge is 0.410 e. The number of carbonyl (C=O) groups is 1. The zero-order valence-electron chi connectivity index (χ0n) is 11.9. The summed E-state index contributed by atoms with van der Waals surface area (Å²) in [5.74, 6) is 0.492. The number of ether oxygens (including phenoxy) is 1. The number of benzene rings is 1. The van der Waals surface area contributed by atoms with Crippen molar-refractivity contribution < 1.29 is 13.9 Å². The van der Waals surface area contributed by atoms with E-state index in [0.29, 0.717) is 23.4 Å². The molecule has 7 heteroatoms. The first-order chi connectivity index (χ1) is 10.8. The summed E-state index contributed by atoms with van der Waals surface area (Å²) in [7, 11) is 0. The number of aromatic nitrogens is 2. The molecule has 0 spiro atoms. The lowest BCUT2D eigenvalue weighted by atomic mass is 9.95. The van der Waals surface area contributed by atoms with Crippen LogP contribution in [0.2, 0.25) is 0 Å². The van der Waals surface area contributed by atoms with Gasteiger partial charge in [0, 0.05) is 23.7 Å². The molecule has 4 rings (SSSR count). The van der Waals surface area contributed by atoms with E-state index in [2.05, 4.69) is 20.8 Å². The summed E-state index contributed by atoms with van der Waals surface area (Å²) in [5.41, 5.74) is 0.612. The summed E-state index contributed by atoms with van der Waals surface area (Å²) in [6.45, 7) is 0. The Morgan fingerprint density at radius 2 is 2.18 bits per heavy atom. The van der Waals surface area contributed by atoms with E-state index < -0.39 is 0 Å². The number of rotatable bonds is 4. The van der Waals surface area contributed by atoms with Crippen LogP contribution in [0.4, 0.5) is 0 Å². The van der Waals surface area contributed by atoms with E-state index in [1.54, 1.807) is 24.3 Å². The van der Waals surface area contributed by atoms with E-state index >= 15 is 0 Å². The van der Waals surface area contributed by atoms with Gasteiger partial charge in [0.15, 0.2) is 0 Å². The third-order valence-electron chi connectivity index (χ3n) is 4.28. The molecule has 2 saturated heterocycles. The number of amides is 1. The van der Waals surface area contributed by atoms with Crippen molar-refractivity contribution in [1.29, 1.82) is 0 Å². The topological polar surface area (TPSA) is 89.3 Å². The summed E-state index contributed by atoms with van der Waals surface area (Å²) in [6.07, 6.45) is 4.66. The number of carbonyl (C=O) groups excluding carboxylic acids is 1. The van der Waals surface area contributed by atoms with Crippen molar-refractivity contribution in [2.75, 3.05) is 0 Å². The molecule has 2 aromatic rings. The summed E-state index contributed by atoms with van der Waals surface area (Å²) < 4.78 is 10.2. The number of fused-ring (bicyclic) bond motifs is 2. The molecule has 0 aliphatic carbocycles. The monoisotopic (exact) mass is 300 g/mol. The highest BCUT2D eigenvalue weighted by molar-refractivity contribution is 5.94. The average molecular weight is 300 g/mol. The van der Waals surface area contributed by atoms with E-state index in [1.165, 1.54) is 12.8 Å². The zero-order chi connectivity index (χ0) is 14.9. The molecule has 3 atom stereocenters. The molecule has 2 fully saturated rings. The van der Waals surface area contributed by atoms with Crippen LogP contribution in [0.3, 0.4) is 0 Å². The van der Waals surface area contributed by atoms with Gasteiger partial charge in [-0.2, -0.15) is 0 Å². The fraction of sp³-hybridized carbons (Fsp3) is 0.400. The van der Waals surface area contributed by atoms with Crippen LogP contribution < -0.4 is 15.4 Å². The Kier molecular flexibility index (Phi) is 3.27. The van der Waals surface area contributed by atoms with Crippen molar-refractivity contribution in [2.45, 2.75) is 37.4 Å². The zero-order valence-corrected chi connectivity index (χ0v) is 11.9. The maximum absolute atomic E-state index is 12.3. The van der Waals surface area contributed by atoms with Crippen molar-refractivity contribution in [3.05, 3.63) is 36.2 Å². The predicted octanol–water partition coefficient (Wildman–Crippen LogP) is 1.48. The highest BCUT2D eigenvalue weighted by atomic mass is 16.6. The third kappa shape index (κ3) is 2.55. The van der Waals surface area contributed by atoms with E-state index in [9.17, 15) is 4.79 Å². The molecule has 2 aliphatic rings. The van der Waals surface area contributed by atoms with Gasteiger partial charge in [0.2, 0.25) is 6.39 Å². The van der Waals surface area contributed by atoms with Crippen LogP contribution in [0.1, 0.15) is 29.6 Å².